The number of carbonyl (C=O) groups is 3. The number of benzene rings is 3. The maximum absolute atomic E-state index is 13.2. The van der Waals surface area contributed by atoms with Crippen molar-refractivity contribution in [3.63, 3.8) is 0 Å². The number of amides is 2. The van der Waals surface area contributed by atoms with Crippen LogP contribution >= 0.6 is 11.3 Å². The number of carbonyl (C=O) groups excluding carboxylic acids is 2. The van der Waals surface area contributed by atoms with Gasteiger partial charge >= 0.3 is 5.97 Å². The number of carboxylic acid groups (broad SMARTS) is 1. The largest absolute Gasteiger partial charge is 0.480 e. The minimum Gasteiger partial charge on any atom is -0.480 e. The molecule has 2 aromatic heterocycles. The Bertz CT molecular complexity index is 1960. The number of hydrogen-bond acceptors (Lipinski definition) is 6. The first-order chi connectivity index (χ1) is 23.3. The number of aromatic nitrogens is 2. The Kier molecular flexibility index (Phi) is 10.5. The summed E-state index contributed by atoms with van der Waals surface area (Å²) in [5.41, 5.74) is 7.76. The molecule has 9 heteroatoms. The van der Waals surface area contributed by atoms with Crippen LogP contribution in [-0.4, -0.2) is 44.9 Å². The van der Waals surface area contributed by atoms with Crippen LogP contribution in [0, 0.1) is 0 Å². The molecule has 0 spiro atoms. The standard InChI is InChI=1S/C40H40N4O4S/c1-24(2)27-11-13-28(14-12-27)29-15-17-30(18-16-29)32-22-41-36(42-23-32)31-9-7-26(8-10-31)21-33(37(45)43-25(3)39(47)48)44-38(46)34-19-20-35(49-34)40(4,5)6/h7-20,22-23,25,33H,1,21H2,2-6H3,(H,43,45)(H,44,46)(H,47,48)/t25-,33+/m1/s1. The zero-order valence-electron chi connectivity index (χ0n) is 28.3. The highest BCUT2D eigenvalue weighted by atomic mass is 32.1. The molecule has 3 N–H and O–H groups in total. The molecule has 5 aromatic rings. The third-order valence-corrected chi connectivity index (χ3v) is 9.66. The van der Waals surface area contributed by atoms with E-state index in [0.717, 1.165) is 49.4 Å². The van der Waals surface area contributed by atoms with Gasteiger partial charge in [0, 0.05) is 34.8 Å². The van der Waals surface area contributed by atoms with Crippen LogP contribution in [-0.2, 0) is 21.4 Å². The van der Waals surface area contributed by atoms with E-state index in [9.17, 15) is 19.5 Å². The van der Waals surface area contributed by atoms with E-state index in [0.29, 0.717) is 10.7 Å². The smallest absolute Gasteiger partial charge is 0.325 e. The molecule has 0 unspecified atom stereocenters. The van der Waals surface area contributed by atoms with Gasteiger partial charge in [0.15, 0.2) is 5.82 Å². The maximum Gasteiger partial charge on any atom is 0.325 e. The lowest BCUT2D eigenvalue weighted by molar-refractivity contribution is -0.141. The highest BCUT2D eigenvalue weighted by Crippen LogP contribution is 2.30. The summed E-state index contributed by atoms with van der Waals surface area (Å²) in [6, 6.07) is 25.6. The Morgan fingerprint density at radius 2 is 1.31 bits per heavy atom. The molecule has 0 aliphatic rings. The topological polar surface area (TPSA) is 121 Å². The zero-order valence-corrected chi connectivity index (χ0v) is 29.1. The molecule has 2 heterocycles. The lowest BCUT2D eigenvalue weighted by Crippen LogP contribution is -2.51. The number of allylic oxidation sites excluding steroid dienone is 1. The summed E-state index contributed by atoms with van der Waals surface area (Å²) < 4.78 is 0. The van der Waals surface area contributed by atoms with E-state index < -0.39 is 24.0 Å². The fourth-order valence-electron chi connectivity index (χ4n) is 5.13. The summed E-state index contributed by atoms with van der Waals surface area (Å²) in [6.45, 7) is 13.6. The molecule has 0 saturated carbocycles. The fourth-order valence-corrected chi connectivity index (χ4v) is 6.10. The number of hydrogen-bond donors (Lipinski definition) is 3. The van der Waals surface area contributed by atoms with E-state index in [-0.39, 0.29) is 17.7 Å². The average molecular weight is 673 g/mol. The van der Waals surface area contributed by atoms with Gasteiger partial charge in [-0.2, -0.15) is 0 Å². The van der Waals surface area contributed by atoms with E-state index in [4.69, 9.17) is 0 Å². The van der Waals surface area contributed by atoms with Crippen LogP contribution in [0.4, 0.5) is 0 Å². The predicted molar refractivity (Wildman–Crippen MR) is 196 cm³/mol. The summed E-state index contributed by atoms with van der Waals surface area (Å²) in [5, 5.41) is 14.6. The molecule has 5 rings (SSSR count). The van der Waals surface area contributed by atoms with Crippen molar-refractivity contribution in [1.82, 2.24) is 20.6 Å². The number of nitrogens with zero attached hydrogens (tertiary/aromatic N) is 2. The molecular formula is C40H40N4O4S. The monoisotopic (exact) mass is 672 g/mol. The molecule has 0 aliphatic heterocycles. The molecular weight excluding hydrogens is 633 g/mol. The SMILES string of the molecule is C=C(C)c1ccc(-c2ccc(-c3cnc(-c4ccc(C[C@H](NC(=O)c5ccc(C(C)(C)C)s5)C(=O)N[C@H](C)C(=O)O)cc4)nc3)cc2)cc1. The van der Waals surface area contributed by atoms with Gasteiger partial charge in [-0.1, -0.05) is 106 Å². The third kappa shape index (κ3) is 8.74. The lowest BCUT2D eigenvalue weighted by Gasteiger charge is -2.20. The molecule has 2 amide bonds. The molecule has 0 bridgehead atoms. The van der Waals surface area contributed by atoms with E-state index in [2.05, 4.69) is 96.5 Å². The zero-order chi connectivity index (χ0) is 35.3. The van der Waals surface area contributed by atoms with Gasteiger partial charge in [-0.15, -0.1) is 11.3 Å². The minimum atomic E-state index is -1.16. The number of carboxylic acids is 1. The summed E-state index contributed by atoms with van der Waals surface area (Å²) in [5.74, 6) is -1.58. The quantitative estimate of drug-likeness (QED) is 0.132. The van der Waals surface area contributed by atoms with Gasteiger partial charge in [0.2, 0.25) is 5.91 Å². The Hall–Kier alpha value is -5.41. The Labute approximate surface area is 291 Å². The van der Waals surface area contributed by atoms with Gasteiger partial charge in [-0.25, -0.2) is 9.97 Å². The van der Waals surface area contributed by atoms with Crippen molar-refractivity contribution in [1.29, 1.82) is 0 Å². The summed E-state index contributed by atoms with van der Waals surface area (Å²) in [4.78, 5) is 48.5. The lowest BCUT2D eigenvalue weighted by atomic mass is 9.95. The summed E-state index contributed by atoms with van der Waals surface area (Å²) >= 11 is 1.37. The fraction of sp³-hybridized carbons (Fsp3) is 0.225. The van der Waals surface area contributed by atoms with Crippen LogP contribution < -0.4 is 10.6 Å². The van der Waals surface area contributed by atoms with Crippen molar-refractivity contribution in [2.75, 3.05) is 0 Å². The molecule has 250 valence electrons. The molecule has 0 radical (unpaired) electrons. The van der Waals surface area contributed by atoms with Crippen LogP contribution in [0.3, 0.4) is 0 Å². The first-order valence-corrected chi connectivity index (χ1v) is 16.8. The Morgan fingerprint density at radius 3 is 1.82 bits per heavy atom. The van der Waals surface area contributed by atoms with Gasteiger partial charge in [-0.05, 0) is 59.2 Å². The van der Waals surface area contributed by atoms with Crippen molar-refractivity contribution in [2.45, 2.75) is 58.5 Å². The van der Waals surface area contributed by atoms with Gasteiger partial charge in [0.25, 0.3) is 5.91 Å². The van der Waals surface area contributed by atoms with Gasteiger partial charge in [0.1, 0.15) is 12.1 Å². The van der Waals surface area contributed by atoms with E-state index in [1.54, 1.807) is 18.5 Å². The van der Waals surface area contributed by atoms with Crippen LogP contribution in [0.25, 0.3) is 39.2 Å². The number of nitrogens with one attached hydrogen (secondary N) is 2. The van der Waals surface area contributed by atoms with E-state index in [1.165, 1.54) is 18.3 Å². The van der Waals surface area contributed by atoms with E-state index in [1.807, 2.05) is 37.3 Å². The van der Waals surface area contributed by atoms with Crippen LogP contribution in [0.5, 0.6) is 0 Å². The van der Waals surface area contributed by atoms with Crippen molar-refractivity contribution in [2.24, 2.45) is 0 Å². The normalized spacial score (nSPS) is 12.5. The van der Waals surface area contributed by atoms with E-state index >= 15 is 0 Å². The highest BCUT2D eigenvalue weighted by Gasteiger charge is 2.26. The van der Waals surface area contributed by atoms with Crippen LogP contribution in [0.2, 0.25) is 0 Å². The summed E-state index contributed by atoms with van der Waals surface area (Å²) in [7, 11) is 0. The highest BCUT2D eigenvalue weighted by molar-refractivity contribution is 7.14. The first kappa shape index (κ1) is 34.9. The van der Waals surface area contributed by atoms with Crippen molar-refractivity contribution < 1.29 is 19.5 Å². The summed E-state index contributed by atoms with van der Waals surface area (Å²) in [6.07, 6.45) is 3.75. The second-order valence-corrected chi connectivity index (χ2v) is 14.2. The second kappa shape index (κ2) is 14.8. The number of rotatable bonds is 11. The molecule has 0 saturated heterocycles. The molecule has 3 aromatic carbocycles. The van der Waals surface area contributed by atoms with Crippen molar-refractivity contribution >= 4 is 34.7 Å². The van der Waals surface area contributed by atoms with Crippen molar-refractivity contribution in [3.8, 4) is 33.6 Å². The Morgan fingerprint density at radius 1 is 0.776 bits per heavy atom. The predicted octanol–water partition coefficient (Wildman–Crippen LogP) is 7.80. The van der Waals surface area contributed by atoms with Gasteiger partial charge in [-0.3, -0.25) is 14.4 Å². The second-order valence-electron chi connectivity index (χ2n) is 13.1. The van der Waals surface area contributed by atoms with Crippen LogP contribution in [0.1, 0.15) is 60.3 Å². The molecule has 2 atom stereocenters. The molecule has 0 fully saturated rings. The molecule has 0 aliphatic carbocycles. The average Bonchev–Trinajstić information content (AvgIpc) is 3.60. The van der Waals surface area contributed by atoms with Crippen LogP contribution in [0.15, 0.2) is 104 Å². The van der Waals surface area contributed by atoms with Crippen molar-refractivity contribution in [3.05, 3.63) is 125 Å². The molecule has 8 nitrogen and oxygen atoms in total. The minimum absolute atomic E-state index is 0.118. The third-order valence-electron chi connectivity index (χ3n) is 8.15. The number of thiophene rings is 1. The number of aliphatic carboxylic acids is 1. The Balaban J connectivity index is 1.27. The maximum atomic E-state index is 13.2. The molecule has 49 heavy (non-hydrogen) atoms. The first-order valence-electron chi connectivity index (χ1n) is 16.0. The van der Waals surface area contributed by atoms with Gasteiger partial charge in [0.05, 0.1) is 4.88 Å². The van der Waals surface area contributed by atoms with Gasteiger partial charge < -0.3 is 15.7 Å².